The number of aromatic nitrogens is 1. The normalized spacial score (nSPS) is 23.4. The standard InChI is InChI=1S/C15H23N3O2S/c1-9(2)5-13-15(20)18(10(3)6-14(19)17-13)7-12-8-21-11(4)16-12/h8-10,13H,5-7H2,1-4H3,(H,17,19). The maximum Gasteiger partial charge on any atom is 0.245 e. The van der Waals surface area contributed by atoms with Gasteiger partial charge in [0.2, 0.25) is 11.8 Å². The van der Waals surface area contributed by atoms with Crippen molar-refractivity contribution in [3.05, 3.63) is 16.1 Å². The molecule has 0 saturated carbocycles. The molecule has 1 aliphatic heterocycles. The number of nitrogens with zero attached hydrogens (tertiary/aromatic N) is 2. The molecular weight excluding hydrogens is 286 g/mol. The highest BCUT2D eigenvalue weighted by atomic mass is 32.1. The van der Waals surface area contributed by atoms with E-state index < -0.39 is 6.04 Å². The van der Waals surface area contributed by atoms with E-state index in [0.29, 0.717) is 25.3 Å². The van der Waals surface area contributed by atoms with E-state index in [-0.39, 0.29) is 17.9 Å². The highest BCUT2D eigenvalue weighted by Gasteiger charge is 2.34. The maximum absolute atomic E-state index is 12.7. The molecule has 1 aromatic rings. The van der Waals surface area contributed by atoms with Gasteiger partial charge in [-0.15, -0.1) is 11.3 Å². The van der Waals surface area contributed by atoms with Crippen LogP contribution in [0.4, 0.5) is 0 Å². The molecule has 1 fully saturated rings. The zero-order valence-corrected chi connectivity index (χ0v) is 13.9. The third kappa shape index (κ3) is 4.03. The largest absolute Gasteiger partial charge is 0.344 e. The molecule has 0 bridgehead atoms. The van der Waals surface area contributed by atoms with Crippen LogP contribution < -0.4 is 5.32 Å². The summed E-state index contributed by atoms with van der Waals surface area (Å²) in [6.07, 6.45) is 1.02. The first-order valence-corrected chi connectivity index (χ1v) is 8.25. The SMILES string of the molecule is Cc1nc(CN2C(=O)C(CC(C)C)NC(=O)CC2C)cs1. The lowest BCUT2D eigenvalue weighted by molar-refractivity contribution is -0.136. The number of carbonyl (C=O) groups excluding carboxylic acids is 2. The van der Waals surface area contributed by atoms with E-state index in [2.05, 4.69) is 24.1 Å². The Morgan fingerprint density at radius 3 is 2.76 bits per heavy atom. The molecule has 2 atom stereocenters. The monoisotopic (exact) mass is 309 g/mol. The number of nitrogens with one attached hydrogen (secondary N) is 1. The fourth-order valence-electron chi connectivity index (χ4n) is 2.63. The summed E-state index contributed by atoms with van der Waals surface area (Å²) in [6.45, 7) is 8.47. The Balaban J connectivity index is 2.19. The van der Waals surface area contributed by atoms with Gasteiger partial charge in [0, 0.05) is 17.8 Å². The summed E-state index contributed by atoms with van der Waals surface area (Å²) in [4.78, 5) is 30.9. The Morgan fingerprint density at radius 2 is 2.19 bits per heavy atom. The van der Waals surface area contributed by atoms with Crippen LogP contribution in [0.3, 0.4) is 0 Å². The molecule has 1 N–H and O–H groups in total. The van der Waals surface area contributed by atoms with E-state index in [4.69, 9.17) is 0 Å². The van der Waals surface area contributed by atoms with E-state index >= 15 is 0 Å². The van der Waals surface area contributed by atoms with Gasteiger partial charge in [-0.3, -0.25) is 9.59 Å². The van der Waals surface area contributed by atoms with Crippen molar-refractivity contribution >= 4 is 23.2 Å². The van der Waals surface area contributed by atoms with Crippen LogP contribution in [0.2, 0.25) is 0 Å². The molecule has 5 nitrogen and oxygen atoms in total. The lowest BCUT2D eigenvalue weighted by Gasteiger charge is -2.28. The number of amides is 2. The van der Waals surface area contributed by atoms with Gasteiger partial charge in [-0.1, -0.05) is 13.8 Å². The van der Waals surface area contributed by atoms with Crippen molar-refractivity contribution in [1.29, 1.82) is 0 Å². The van der Waals surface area contributed by atoms with Gasteiger partial charge in [-0.25, -0.2) is 4.98 Å². The molecule has 21 heavy (non-hydrogen) atoms. The molecule has 1 saturated heterocycles. The van der Waals surface area contributed by atoms with Crippen LogP contribution in [0, 0.1) is 12.8 Å². The second-order valence-electron chi connectivity index (χ2n) is 6.13. The van der Waals surface area contributed by atoms with Gasteiger partial charge >= 0.3 is 0 Å². The van der Waals surface area contributed by atoms with Crippen LogP contribution in [0.1, 0.15) is 44.3 Å². The molecular formula is C15H23N3O2S. The van der Waals surface area contributed by atoms with Gasteiger partial charge in [0.15, 0.2) is 0 Å². The first-order chi connectivity index (χ1) is 9.86. The third-order valence-corrected chi connectivity index (χ3v) is 4.46. The van der Waals surface area contributed by atoms with Crippen molar-refractivity contribution in [3.8, 4) is 0 Å². The highest BCUT2D eigenvalue weighted by molar-refractivity contribution is 7.09. The fourth-order valence-corrected chi connectivity index (χ4v) is 3.23. The summed E-state index contributed by atoms with van der Waals surface area (Å²) in [6, 6.07) is -0.515. The average molecular weight is 309 g/mol. The lowest BCUT2D eigenvalue weighted by Crippen LogP contribution is -2.46. The average Bonchev–Trinajstić information content (AvgIpc) is 2.75. The van der Waals surface area contributed by atoms with E-state index in [1.807, 2.05) is 19.2 Å². The molecule has 2 unspecified atom stereocenters. The Kier molecular flexibility index (Phi) is 4.98. The fraction of sp³-hybridized carbons (Fsp3) is 0.667. The highest BCUT2D eigenvalue weighted by Crippen LogP contribution is 2.19. The number of carbonyl (C=O) groups is 2. The first-order valence-electron chi connectivity index (χ1n) is 7.37. The quantitative estimate of drug-likeness (QED) is 0.926. The molecule has 2 rings (SSSR count). The molecule has 0 spiro atoms. The number of aryl methyl sites for hydroxylation is 1. The van der Waals surface area contributed by atoms with Crippen molar-refractivity contribution < 1.29 is 9.59 Å². The van der Waals surface area contributed by atoms with Gasteiger partial charge in [-0.05, 0) is 26.2 Å². The number of thiazole rings is 1. The summed E-state index contributed by atoms with van der Waals surface area (Å²) in [5.74, 6) is 0.321. The Bertz CT molecular complexity index is 527. The second-order valence-corrected chi connectivity index (χ2v) is 7.19. The van der Waals surface area contributed by atoms with Gasteiger partial charge in [0.1, 0.15) is 6.04 Å². The van der Waals surface area contributed by atoms with Gasteiger partial charge in [-0.2, -0.15) is 0 Å². The van der Waals surface area contributed by atoms with E-state index in [1.54, 1.807) is 16.2 Å². The van der Waals surface area contributed by atoms with Crippen molar-refractivity contribution in [2.45, 2.75) is 59.2 Å². The Labute approximate surface area is 129 Å². The van der Waals surface area contributed by atoms with Crippen molar-refractivity contribution in [2.75, 3.05) is 0 Å². The molecule has 6 heteroatoms. The minimum Gasteiger partial charge on any atom is -0.344 e. The molecule has 1 aliphatic rings. The van der Waals surface area contributed by atoms with Crippen molar-refractivity contribution in [2.24, 2.45) is 5.92 Å². The second kappa shape index (κ2) is 6.56. The van der Waals surface area contributed by atoms with Crippen LogP contribution in [0.5, 0.6) is 0 Å². The molecule has 0 aromatic carbocycles. The molecule has 0 aliphatic carbocycles. The van der Waals surface area contributed by atoms with Crippen molar-refractivity contribution in [3.63, 3.8) is 0 Å². The predicted octanol–water partition coefficient (Wildman–Crippen LogP) is 2.10. The van der Waals surface area contributed by atoms with Crippen LogP contribution in [0.25, 0.3) is 0 Å². The molecule has 2 heterocycles. The first kappa shape index (κ1) is 15.9. The van der Waals surface area contributed by atoms with E-state index in [1.165, 1.54) is 0 Å². The zero-order chi connectivity index (χ0) is 15.6. The third-order valence-electron chi connectivity index (χ3n) is 3.64. The zero-order valence-electron chi connectivity index (χ0n) is 13.0. The van der Waals surface area contributed by atoms with E-state index in [9.17, 15) is 9.59 Å². The minimum absolute atomic E-state index is 0.00713. The predicted molar refractivity (Wildman–Crippen MR) is 82.9 cm³/mol. The maximum atomic E-state index is 12.7. The van der Waals surface area contributed by atoms with Crippen LogP contribution >= 0.6 is 11.3 Å². The van der Waals surface area contributed by atoms with Gasteiger partial charge < -0.3 is 10.2 Å². The summed E-state index contributed by atoms with van der Waals surface area (Å²) >= 11 is 1.58. The van der Waals surface area contributed by atoms with E-state index in [0.717, 1.165) is 10.7 Å². The van der Waals surface area contributed by atoms with Gasteiger partial charge in [0.05, 0.1) is 17.2 Å². The molecule has 116 valence electrons. The van der Waals surface area contributed by atoms with Crippen LogP contribution in [-0.4, -0.2) is 33.8 Å². The van der Waals surface area contributed by atoms with Crippen LogP contribution in [-0.2, 0) is 16.1 Å². The summed E-state index contributed by atoms with van der Waals surface area (Å²) in [7, 11) is 0. The van der Waals surface area contributed by atoms with Crippen LogP contribution in [0.15, 0.2) is 5.38 Å². The number of hydrogen-bond donors (Lipinski definition) is 1. The summed E-state index contributed by atoms with van der Waals surface area (Å²) in [5, 5.41) is 5.84. The Morgan fingerprint density at radius 1 is 1.48 bits per heavy atom. The summed E-state index contributed by atoms with van der Waals surface area (Å²) < 4.78 is 0. The van der Waals surface area contributed by atoms with Crippen molar-refractivity contribution in [1.82, 2.24) is 15.2 Å². The summed E-state index contributed by atoms with van der Waals surface area (Å²) in [5.41, 5.74) is 0.898. The Hall–Kier alpha value is -1.43. The molecule has 1 aromatic heterocycles. The topological polar surface area (TPSA) is 62.3 Å². The smallest absolute Gasteiger partial charge is 0.245 e. The molecule has 2 amide bonds. The molecule has 0 radical (unpaired) electrons. The lowest BCUT2D eigenvalue weighted by atomic mass is 10.0. The minimum atomic E-state index is -0.415. The number of rotatable bonds is 4. The number of hydrogen-bond acceptors (Lipinski definition) is 4. The van der Waals surface area contributed by atoms with Gasteiger partial charge in [0.25, 0.3) is 0 Å².